The van der Waals surface area contributed by atoms with E-state index in [4.69, 9.17) is 4.98 Å². The summed E-state index contributed by atoms with van der Waals surface area (Å²) in [7, 11) is -3.12. The molecule has 2 heterocycles. The Bertz CT molecular complexity index is 824. The standard InChI is InChI=1S/C18H24N4O2S/c1-15-13-17(16-7-4-3-5-8-16)20-18(19-15)14-21-9-6-10-22(12-11-21)25(2,23)24/h3-5,7-8,13H,6,9-12,14H2,1-2H3. The van der Waals surface area contributed by atoms with Crippen molar-refractivity contribution in [3.63, 3.8) is 0 Å². The molecule has 134 valence electrons. The van der Waals surface area contributed by atoms with E-state index in [2.05, 4.69) is 9.88 Å². The Morgan fingerprint density at radius 1 is 1.04 bits per heavy atom. The van der Waals surface area contributed by atoms with E-state index in [1.165, 1.54) is 6.26 Å². The first-order valence-corrected chi connectivity index (χ1v) is 10.3. The fourth-order valence-electron chi connectivity index (χ4n) is 3.09. The van der Waals surface area contributed by atoms with E-state index in [0.29, 0.717) is 26.2 Å². The molecule has 0 atom stereocenters. The van der Waals surface area contributed by atoms with Crippen molar-refractivity contribution in [3.8, 4) is 11.3 Å². The largest absolute Gasteiger partial charge is 0.295 e. The van der Waals surface area contributed by atoms with Crippen LogP contribution in [-0.2, 0) is 16.6 Å². The Balaban J connectivity index is 1.74. The highest BCUT2D eigenvalue weighted by atomic mass is 32.2. The summed E-state index contributed by atoms with van der Waals surface area (Å²) < 4.78 is 25.0. The molecule has 3 rings (SSSR count). The maximum absolute atomic E-state index is 11.7. The fourth-order valence-corrected chi connectivity index (χ4v) is 3.97. The smallest absolute Gasteiger partial charge is 0.211 e. The lowest BCUT2D eigenvalue weighted by molar-refractivity contribution is 0.272. The molecular formula is C18H24N4O2S. The fraction of sp³-hybridized carbons (Fsp3) is 0.444. The lowest BCUT2D eigenvalue weighted by Gasteiger charge is -2.20. The highest BCUT2D eigenvalue weighted by Gasteiger charge is 2.21. The van der Waals surface area contributed by atoms with E-state index in [-0.39, 0.29) is 0 Å². The van der Waals surface area contributed by atoms with Gasteiger partial charge in [0.25, 0.3) is 0 Å². The number of rotatable bonds is 4. The number of sulfonamides is 1. The van der Waals surface area contributed by atoms with Gasteiger partial charge in [-0.15, -0.1) is 0 Å². The van der Waals surface area contributed by atoms with Crippen LogP contribution in [0.25, 0.3) is 11.3 Å². The number of aryl methyl sites for hydroxylation is 1. The third kappa shape index (κ3) is 4.84. The molecule has 1 aliphatic rings. The van der Waals surface area contributed by atoms with Gasteiger partial charge in [-0.05, 0) is 26.0 Å². The van der Waals surface area contributed by atoms with Gasteiger partial charge in [0, 0.05) is 30.9 Å². The molecule has 0 N–H and O–H groups in total. The zero-order valence-corrected chi connectivity index (χ0v) is 15.5. The van der Waals surface area contributed by atoms with Gasteiger partial charge in [-0.2, -0.15) is 0 Å². The van der Waals surface area contributed by atoms with Gasteiger partial charge in [-0.25, -0.2) is 22.7 Å². The average Bonchev–Trinajstić information content (AvgIpc) is 2.80. The molecule has 0 aliphatic carbocycles. The molecule has 0 radical (unpaired) electrons. The molecule has 1 saturated heterocycles. The van der Waals surface area contributed by atoms with Crippen LogP contribution in [0.5, 0.6) is 0 Å². The number of hydrogen-bond acceptors (Lipinski definition) is 5. The SMILES string of the molecule is Cc1cc(-c2ccccc2)nc(CN2CCCN(S(C)(=O)=O)CC2)n1. The number of hydrogen-bond donors (Lipinski definition) is 0. The van der Waals surface area contributed by atoms with Gasteiger partial charge < -0.3 is 0 Å². The highest BCUT2D eigenvalue weighted by Crippen LogP contribution is 2.18. The van der Waals surface area contributed by atoms with Crippen molar-refractivity contribution >= 4 is 10.0 Å². The Morgan fingerprint density at radius 2 is 1.80 bits per heavy atom. The summed E-state index contributed by atoms with van der Waals surface area (Å²) in [6, 6.07) is 12.1. The molecule has 0 saturated carbocycles. The van der Waals surface area contributed by atoms with Crippen molar-refractivity contribution in [2.75, 3.05) is 32.4 Å². The van der Waals surface area contributed by atoms with Crippen LogP contribution in [0.2, 0.25) is 0 Å². The Morgan fingerprint density at radius 3 is 2.52 bits per heavy atom. The summed E-state index contributed by atoms with van der Waals surface area (Å²) in [6.45, 7) is 5.27. The van der Waals surface area contributed by atoms with Gasteiger partial charge in [0.2, 0.25) is 10.0 Å². The molecule has 0 spiro atoms. The summed E-state index contributed by atoms with van der Waals surface area (Å²) in [6.07, 6.45) is 2.10. The average molecular weight is 360 g/mol. The van der Waals surface area contributed by atoms with E-state index >= 15 is 0 Å². The first kappa shape index (κ1) is 18.0. The van der Waals surface area contributed by atoms with Crippen molar-refractivity contribution in [3.05, 3.63) is 47.9 Å². The summed E-state index contributed by atoms with van der Waals surface area (Å²) in [5, 5.41) is 0. The van der Waals surface area contributed by atoms with Crippen LogP contribution in [0.4, 0.5) is 0 Å². The minimum Gasteiger partial charge on any atom is -0.295 e. The molecule has 0 amide bonds. The van der Waals surface area contributed by atoms with E-state index in [1.54, 1.807) is 4.31 Å². The van der Waals surface area contributed by atoms with Crippen LogP contribution < -0.4 is 0 Å². The maximum Gasteiger partial charge on any atom is 0.211 e. The van der Waals surface area contributed by atoms with Crippen LogP contribution in [0, 0.1) is 6.92 Å². The van der Waals surface area contributed by atoms with Crippen LogP contribution in [0.15, 0.2) is 36.4 Å². The third-order valence-corrected chi connectivity index (χ3v) is 5.65. The zero-order chi connectivity index (χ0) is 17.9. The second kappa shape index (κ2) is 7.59. The van der Waals surface area contributed by atoms with Gasteiger partial charge in [-0.1, -0.05) is 30.3 Å². The van der Waals surface area contributed by atoms with E-state index < -0.39 is 10.0 Å². The molecule has 6 nitrogen and oxygen atoms in total. The minimum absolute atomic E-state index is 0.524. The van der Waals surface area contributed by atoms with E-state index in [9.17, 15) is 8.42 Å². The van der Waals surface area contributed by atoms with Crippen molar-refractivity contribution < 1.29 is 8.42 Å². The minimum atomic E-state index is -3.12. The van der Waals surface area contributed by atoms with Crippen LogP contribution in [-0.4, -0.2) is 60.0 Å². The van der Waals surface area contributed by atoms with Gasteiger partial charge in [-0.3, -0.25) is 4.90 Å². The third-order valence-electron chi connectivity index (χ3n) is 4.35. The van der Waals surface area contributed by atoms with Crippen molar-refractivity contribution in [1.29, 1.82) is 0 Å². The zero-order valence-electron chi connectivity index (χ0n) is 14.7. The molecule has 1 aliphatic heterocycles. The number of nitrogens with zero attached hydrogens (tertiary/aromatic N) is 4. The second-order valence-electron chi connectivity index (χ2n) is 6.47. The molecular weight excluding hydrogens is 336 g/mol. The van der Waals surface area contributed by atoms with Gasteiger partial charge in [0.1, 0.15) is 5.82 Å². The van der Waals surface area contributed by atoms with Crippen LogP contribution in [0.1, 0.15) is 17.9 Å². The number of benzene rings is 1. The molecule has 1 aromatic carbocycles. The van der Waals surface area contributed by atoms with Gasteiger partial charge >= 0.3 is 0 Å². The van der Waals surface area contributed by atoms with E-state index in [1.807, 2.05) is 43.3 Å². The monoisotopic (exact) mass is 360 g/mol. The first-order chi connectivity index (χ1) is 11.9. The first-order valence-electron chi connectivity index (χ1n) is 8.49. The summed E-state index contributed by atoms with van der Waals surface area (Å²) in [4.78, 5) is 11.5. The Hall–Kier alpha value is -1.83. The second-order valence-corrected chi connectivity index (χ2v) is 8.45. The Labute approximate surface area is 149 Å². The molecule has 1 fully saturated rings. The molecule has 25 heavy (non-hydrogen) atoms. The molecule has 7 heteroatoms. The quantitative estimate of drug-likeness (QED) is 0.833. The van der Waals surface area contributed by atoms with Crippen molar-refractivity contribution in [1.82, 2.24) is 19.2 Å². The number of aromatic nitrogens is 2. The molecule has 2 aromatic rings. The lowest BCUT2D eigenvalue weighted by atomic mass is 10.1. The van der Waals surface area contributed by atoms with Crippen LogP contribution in [0.3, 0.4) is 0 Å². The van der Waals surface area contributed by atoms with Gasteiger partial charge in [0.05, 0.1) is 18.5 Å². The predicted molar refractivity (Wildman–Crippen MR) is 98.5 cm³/mol. The van der Waals surface area contributed by atoms with Gasteiger partial charge in [0.15, 0.2) is 0 Å². The molecule has 1 aromatic heterocycles. The molecule has 0 bridgehead atoms. The lowest BCUT2D eigenvalue weighted by Crippen LogP contribution is -2.34. The Kier molecular flexibility index (Phi) is 5.46. The maximum atomic E-state index is 11.7. The normalized spacial score (nSPS) is 17.4. The molecule has 0 unspecified atom stereocenters. The summed E-state index contributed by atoms with van der Waals surface area (Å²) >= 11 is 0. The van der Waals surface area contributed by atoms with Crippen LogP contribution >= 0.6 is 0 Å². The summed E-state index contributed by atoms with van der Waals surface area (Å²) in [5.41, 5.74) is 2.94. The highest BCUT2D eigenvalue weighted by molar-refractivity contribution is 7.88. The predicted octanol–water partition coefficient (Wildman–Crippen LogP) is 1.92. The van der Waals surface area contributed by atoms with Crippen molar-refractivity contribution in [2.24, 2.45) is 0 Å². The topological polar surface area (TPSA) is 66.4 Å². The van der Waals surface area contributed by atoms with Crippen molar-refractivity contribution in [2.45, 2.75) is 19.9 Å². The van der Waals surface area contributed by atoms with E-state index in [0.717, 1.165) is 35.7 Å². The summed E-state index contributed by atoms with van der Waals surface area (Å²) in [5.74, 6) is 0.784.